The molecule has 23 heavy (non-hydrogen) atoms. The molecule has 7 N–H and O–H groups in total. The van der Waals surface area contributed by atoms with Gasteiger partial charge in [0.25, 0.3) is 0 Å². The van der Waals surface area contributed by atoms with Gasteiger partial charge in [0.2, 0.25) is 5.79 Å². The van der Waals surface area contributed by atoms with E-state index in [2.05, 4.69) is 12.6 Å². The molecule has 2 fully saturated rings. The molecule has 0 aromatic heterocycles. The van der Waals surface area contributed by atoms with E-state index in [1.54, 1.807) is 0 Å². The number of aliphatic hydroxyl groups is 7. The lowest BCUT2D eigenvalue weighted by Gasteiger charge is -2.43. The molecule has 2 saturated heterocycles. The van der Waals surface area contributed by atoms with E-state index >= 15 is 0 Å². The molecule has 2 aliphatic rings. The second-order valence-electron chi connectivity index (χ2n) is 5.56. The van der Waals surface area contributed by atoms with E-state index in [4.69, 9.17) is 19.3 Å². The predicted molar refractivity (Wildman–Crippen MR) is 75.4 cm³/mol. The minimum atomic E-state index is -2.17. The molecule has 11 heteroatoms. The van der Waals surface area contributed by atoms with Crippen molar-refractivity contribution >= 4 is 12.6 Å². The molecule has 136 valence electrons. The van der Waals surface area contributed by atoms with Crippen molar-refractivity contribution in [3.63, 3.8) is 0 Å². The Morgan fingerprint density at radius 2 is 1.57 bits per heavy atom. The first kappa shape index (κ1) is 19.3. The van der Waals surface area contributed by atoms with Crippen LogP contribution in [0.25, 0.3) is 0 Å². The molecular formula is C12H22O10S. The van der Waals surface area contributed by atoms with Crippen LogP contribution >= 0.6 is 12.6 Å². The Morgan fingerprint density at radius 1 is 0.913 bits per heavy atom. The van der Waals surface area contributed by atoms with Crippen molar-refractivity contribution in [3.8, 4) is 0 Å². The molecular weight excluding hydrogens is 336 g/mol. The SMILES string of the molecule is OCC1OC(CO)(OC2OC(CS)C(O)C(O)C2O)C(O)C1O. The first-order valence-electron chi connectivity index (χ1n) is 7.05. The molecule has 9 atom stereocenters. The minimum absolute atomic E-state index is 0.00221. The number of thiol groups is 1. The summed E-state index contributed by atoms with van der Waals surface area (Å²) in [5.41, 5.74) is 0. The summed E-state index contributed by atoms with van der Waals surface area (Å²) >= 11 is 3.95. The van der Waals surface area contributed by atoms with Gasteiger partial charge >= 0.3 is 0 Å². The molecule has 10 nitrogen and oxygen atoms in total. The Morgan fingerprint density at radius 3 is 2.04 bits per heavy atom. The second-order valence-corrected chi connectivity index (χ2v) is 5.92. The largest absolute Gasteiger partial charge is 0.394 e. The third kappa shape index (κ3) is 3.37. The highest BCUT2D eigenvalue weighted by Gasteiger charge is 2.58. The Balaban J connectivity index is 2.18. The predicted octanol–water partition coefficient (Wildman–Crippen LogP) is -4.46. The van der Waals surface area contributed by atoms with E-state index in [1.165, 1.54) is 0 Å². The van der Waals surface area contributed by atoms with Crippen LogP contribution in [0.5, 0.6) is 0 Å². The molecule has 9 unspecified atom stereocenters. The lowest BCUT2D eigenvalue weighted by Crippen LogP contribution is -2.62. The highest BCUT2D eigenvalue weighted by Crippen LogP contribution is 2.35. The maximum absolute atomic E-state index is 10.0. The van der Waals surface area contributed by atoms with Crippen molar-refractivity contribution in [3.05, 3.63) is 0 Å². The summed E-state index contributed by atoms with van der Waals surface area (Å²) in [5, 5.41) is 67.9. The molecule has 0 bridgehead atoms. The Kier molecular flexibility index (Phi) is 6.25. The molecule has 0 radical (unpaired) electrons. The van der Waals surface area contributed by atoms with Gasteiger partial charge < -0.3 is 50.0 Å². The van der Waals surface area contributed by atoms with Crippen molar-refractivity contribution in [1.82, 2.24) is 0 Å². The van der Waals surface area contributed by atoms with Gasteiger partial charge in [0.1, 0.15) is 43.2 Å². The normalized spacial score (nSPS) is 51.1. The summed E-state index contributed by atoms with van der Waals surface area (Å²) in [6, 6.07) is 0. The van der Waals surface area contributed by atoms with Crippen molar-refractivity contribution in [1.29, 1.82) is 0 Å². The Bertz CT molecular complexity index is 398. The van der Waals surface area contributed by atoms with E-state index < -0.39 is 68.0 Å². The third-order valence-corrected chi connectivity index (χ3v) is 4.43. The topological polar surface area (TPSA) is 169 Å². The fourth-order valence-corrected chi connectivity index (χ4v) is 2.93. The summed E-state index contributed by atoms with van der Waals surface area (Å²) in [6.45, 7) is -1.56. The third-order valence-electron chi connectivity index (χ3n) is 4.07. The van der Waals surface area contributed by atoms with Gasteiger partial charge in [-0.1, -0.05) is 0 Å². The standard InChI is InChI=1S/C12H22O10S/c13-1-4-7(16)10(19)12(3-14,21-4)22-11-9(18)8(17)6(15)5(2-23)20-11/h4-11,13-19,23H,1-3H2. The second kappa shape index (κ2) is 7.45. The number of hydrogen-bond donors (Lipinski definition) is 8. The van der Waals surface area contributed by atoms with Gasteiger partial charge in [-0.25, -0.2) is 0 Å². The van der Waals surface area contributed by atoms with Crippen LogP contribution in [0, 0.1) is 0 Å². The maximum Gasteiger partial charge on any atom is 0.224 e. The van der Waals surface area contributed by atoms with E-state index in [0.29, 0.717) is 0 Å². The zero-order valence-corrected chi connectivity index (χ0v) is 12.9. The summed E-state index contributed by atoms with van der Waals surface area (Å²) in [7, 11) is 0. The molecule has 2 rings (SSSR count). The van der Waals surface area contributed by atoms with E-state index in [0.717, 1.165) is 0 Å². The fourth-order valence-electron chi connectivity index (χ4n) is 2.63. The van der Waals surface area contributed by atoms with Gasteiger partial charge in [-0.3, -0.25) is 0 Å². The number of hydrogen-bond acceptors (Lipinski definition) is 11. The van der Waals surface area contributed by atoms with Crippen LogP contribution in [0.3, 0.4) is 0 Å². The van der Waals surface area contributed by atoms with Crippen LogP contribution in [0.2, 0.25) is 0 Å². The van der Waals surface area contributed by atoms with Crippen LogP contribution in [0.15, 0.2) is 0 Å². The molecule has 0 aromatic carbocycles. The first-order chi connectivity index (χ1) is 10.8. The average Bonchev–Trinajstić information content (AvgIpc) is 2.80. The smallest absolute Gasteiger partial charge is 0.224 e. The van der Waals surface area contributed by atoms with Crippen LogP contribution in [0.4, 0.5) is 0 Å². The lowest BCUT2D eigenvalue weighted by atomic mass is 9.99. The van der Waals surface area contributed by atoms with E-state index in [9.17, 15) is 30.6 Å². The molecule has 2 aliphatic heterocycles. The van der Waals surface area contributed by atoms with E-state index in [1.807, 2.05) is 0 Å². The van der Waals surface area contributed by atoms with Gasteiger partial charge in [0.05, 0.1) is 12.7 Å². The van der Waals surface area contributed by atoms with Crippen molar-refractivity contribution < 1.29 is 50.0 Å². The molecule has 0 aromatic rings. The molecule has 2 heterocycles. The lowest BCUT2D eigenvalue weighted by molar-refractivity contribution is -0.380. The monoisotopic (exact) mass is 358 g/mol. The number of ether oxygens (including phenoxy) is 3. The summed E-state index contributed by atoms with van der Waals surface area (Å²) < 4.78 is 15.7. The van der Waals surface area contributed by atoms with Crippen molar-refractivity contribution in [2.45, 2.75) is 54.8 Å². The maximum atomic E-state index is 10.0. The summed E-state index contributed by atoms with van der Waals surface area (Å²) in [6.07, 6.45) is -11.8. The molecule has 0 amide bonds. The van der Waals surface area contributed by atoms with Crippen LogP contribution < -0.4 is 0 Å². The molecule has 0 saturated carbocycles. The zero-order chi connectivity index (χ0) is 17.4. The van der Waals surface area contributed by atoms with Crippen LogP contribution in [-0.4, -0.2) is 110 Å². The van der Waals surface area contributed by atoms with Gasteiger partial charge in [0.15, 0.2) is 6.29 Å². The number of rotatable bonds is 5. The first-order valence-corrected chi connectivity index (χ1v) is 7.68. The fraction of sp³-hybridized carbons (Fsp3) is 1.00. The van der Waals surface area contributed by atoms with Crippen LogP contribution in [-0.2, 0) is 14.2 Å². The van der Waals surface area contributed by atoms with Crippen molar-refractivity contribution in [2.24, 2.45) is 0 Å². The van der Waals surface area contributed by atoms with E-state index in [-0.39, 0.29) is 5.75 Å². The zero-order valence-electron chi connectivity index (χ0n) is 12.0. The molecule has 0 spiro atoms. The molecule has 0 aliphatic carbocycles. The minimum Gasteiger partial charge on any atom is -0.394 e. The number of aliphatic hydroxyl groups excluding tert-OH is 7. The van der Waals surface area contributed by atoms with Gasteiger partial charge in [0, 0.05) is 5.75 Å². The summed E-state index contributed by atoms with van der Waals surface area (Å²) in [5.74, 6) is -2.16. The van der Waals surface area contributed by atoms with Gasteiger partial charge in [-0.2, -0.15) is 12.6 Å². The Labute approximate surface area is 137 Å². The highest BCUT2D eigenvalue weighted by atomic mass is 32.1. The highest BCUT2D eigenvalue weighted by molar-refractivity contribution is 7.80. The summed E-state index contributed by atoms with van der Waals surface area (Å²) in [4.78, 5) is 0. The Hall–Kier alpha value is -0.0500. The van der Waals surface area contributed by atoms with Gasteiger partial charge in [-0.15, -0.1) is 0 Å². The van der Waals surface area contributed by atoms with Crippen LogP contribution in [0.1, 0.15) is 0 Å². The van der Waals surface area contributed by atoms with Gasteiger partial charge in [-0.05, 0) is 0 Å². The quantitative estimate of drug-likeness (QED) is 0.224. The average molecular weight is 358 g/mol. The van der Waals surface area contributed by atoms with Crippen molar-refractivity contribution in [2.75, 3.05) is 19.0 Å².